The molecular formula is C26H26N8O2. The van der Waals surface area contributed by atoms with Crippen LogP contribution in [0.15, 0.2) is 55.0 Å². The fraction of sp³-hybridized carbons (Fsp3) is 0.269. The molecule has 1 aliphatic heterocycles. The normalized spacial score (nSPS) is 14.8. The Morgan fingerprint density at radius 2 is 1.86 bits per heavy atom. The predicted molar refractivity (Wildman–Crippen MR) is 135 cm³/mol. The van der Waals surface area contributed by atoms with Gasteiger partial charge in [-0.1, -0.05) is 6.07 Å². The molecule has 4 aromatic rings. The molecule has 2 aliphatic rings. The molecule has 1 aliphatic carbocycles. The van der Waals surface area contributed by atoms with Gasteiger partial charge < -0.3 is 20.3 Å². The van der Waals surface area contributed by atoms with E-state index in [2.05, 4.69) is 26.0 Å². The number of aryl methyl sites for hydroxylation is 2. The summed E-state index contributed by atoms with van der Waals surface area (Å²) in [6, 6.07) is 11.9. The maximum absolute atomic E-state index is 13.3. The number of anilines is 2. The van der Waals surface area contributed by atoms with E-state index in [1.807, 2.05) is 36.5 Å². The number of benzene rings is 1. The SMILES string of the molecule is COc1ccc2c(c1)CCc1cnc(-n3cc(C(=O)N4CCN(c5ccccn5)CC4)c(N)n3)nc1-2. The third kappa shape index (κ3) is 3.90. The highest BCUT2D eigenvalue weighted by Gasteiger charge is 2.27. The van der Waals surface area contributed by atoms with Crippen LogP contribution in [-0.2, 0) is 12.8 Å². The summed E-state index contributed by atoms with van der Waals surface area (Å²) in [4.78, 5) is 31.0. The number of pyridine rings is 1. The summed E-state index contributed by atoms with van der Waals surface area (Å²) in [5.41, 5.74) is 10.7. The third-order valence-corrected chi connectivity index (χ3v) is 6.80. The Morgan fingerprint density at radius 1 is 1.03 bits per heavy atom. The zero-order valence-electron chi connectivity index (χ0n) is 20.0. The number of piperazine rings is 1. The lowest BCUT2D eigenvalue weighted by molar-refractivity contribution is 0.0747. The Balaban J connectivity index is 1.23. The van der Waals surface area contributed by atoms with Crippen molar-refractivity contribution in [3.63, 3.8) is 0 Å². The number of ether oxygens (including phenoxy) is 1. The number of amides is 1. The molecule has 0 saturated carbocycles. The Labute approximate surface area is 208 Å². The molecule has 0 unspecified atom stereocenters. The minimum absolute atomic E-state index is 0.144. The zero-order chi connectivity index (χ0) is 24.6. The van der Waals surface area contributed by atoms with Crippen LogP contribution < -0.4 is 15.4 Å². The van der Waals surface area contributed by atoms with E-state index in [1.165, 1.54) is 10.2 Å². The van der Waals surface area contributed by atoms with Crippen LogP contribution in [0.1, 0.15) is 21.5 Å². The van der Waals surface area contributed by atoms with Crippen molar-refractivity contribution in [3.05, 3.63) is 71.7 Å². The first kappa shape index (κ1) is 22.0. The quantitative estimate of drug-likeness (QED) is 0.471. The maximum Gasteiger partial charge on any atom is 0.259 e. The highest BCUT2D eigenvalue weighted by Crippen LogP contribution is 2.34. The van der Waals surface area contributed by atoms with Gasteiger partial charge in [-0.2, -0.15) is 0 Å². The minimum Gasteiger partial charge on any atom is -0.497 e. The van der Waals surface area contributed by atoms with Crippen molar-refractivity contribution < 1.29 is 9.53 Å². The highest BCUT2D eigenvalue weighted by atomic mass is 16.5. The van der Waals surface area contributed by atoms with E-state index in [-0.39, 0.29) is 11.7 Å². The second-order valence-corrected chi connectivity index (χ2v) is 8.91. The topological polar surface area (TPSA) is 115 Å². The molecule has 182 valence electrons. The summed E-state index contributed by atoms with van der Waals surface area (Å²) in [6.07, 6.45) is 7.00. The Morgan fingerprint density at radius 3 is 2.64 bits per heavy atom. The fourth-order valence-electron chi connectivity index (χ4n) is 4.83. The monoisotopic (exact) mass is 482 g/mol. The number of hydrogen-bond acceptors (Lipinski definition) is 8. The van der Waals surface area contributed by atoms with Crippen LogP contribution in [0.3, 0.4) is 0 Å². The van der Waals surface area contributed by atoms with Gasteiger partial charge in [0.1, 0.15) is 17.1 Å². The first-order valence-electron chi connectivity index (χ1n) is 11.9. The summed E-state index contributed by atoms with van der Waals surface area (Å²) in [7, 11) is 1.67. The molecule has 1 amide bonds. The van der Waals surface area contributed by atoms with E-state index in [0.717, 1.165) is 41.2 Å². The van der Waals surface area contributed by atoms with Gasteiger partial charge >= 0.3 is 0 Å². The van der Waals surface area contributed by atoms with Crippen LogP contribution in [0.4, 0.5) is 11.6 Å². The predicted octanol–water partition coefficient (Wildman–Crippen LogP) is 2.38. The van der Waals surface area contributed by atoms with E-state index in [4.69, 9.17) is 15.5 Å². The van der Waals surface area contributed by atoms with Crippen molar-refractivity contribution in [3.8, 4) is 23.0 Å². The van der Waals surface area contributed by atoms with Gasteiger partial charge in [0, 0.05) is 50.3 Å². The van der Waals surface area contributed by atoms with Crippen molar-refractivity contribution in [1.29, 1.82) is 0 Å². The summed E-state index contributed by atoms with van der Waals surface area (Å²) >= 11 is 0. The molecular weight excluding hydrogens is 456 g/mol. The van der Waals surface area contributed by atoms with Gasteiger partial charge in [0.05, 0.1) is 12.8 Å². The van der Waals surface area contributed by atoms with Crippen LogP contribution in [0.25, 0.3) is 17.2 Å². The van der Waals surface area contributed by atoms with E-state index in [0.29, 0.717) is 37.7 Å². The highest BCUT2D eigenvalue weighted by molar-refractivity contribution is 5.98. The van der Waals surface area contributed by atoms with E-state index >= 15 is 0 Å². The number of aromatic nitrogens is 5. The second-order valence-electron chi connectivity index (χ2n) is 8.91. The van der Waals surface area contributed by atoms with E-state index in [9.17, 15) is 4.79 Å². The summed E-state index contributed by atoms with van der Waals surface area (Å²) in [6.45, 7) is 2.56. The molecule has 36 heavy (non-hydrogen) atoms. The van der Waals surface area contributed by atoms with E-state index in [1.54, 1.807) is 24.4 Å². The van der Waals surface area contributed by atoms with Gasteiger partial charge in [0.2, 0.25) is 0 Å². The number of methoxy groups -OCH3 is 1. The molecule has 10 nitrogen and oxygen atoms in total. The number of nitrogens with zero attached hydrogens (tertiary/aromatic N) is 7. The molecule has 4 heterocycles. The zero-order valence-corrected chi connectivity index (χ0v) is 20.0. The lowest BCUT2D eigenvalue weighted by atomic mass is 9.90. The van der Waals surface area contributed by atoms with Gasteiger partial charge in [-0.05, 0) is 54.3 Å². The third-order valence-electron chi connectivity index (χ3n) is 6.80. The molecule has 1 fully saturated rings. The lowest BCUT2D eigenvalue weighted by Gasteiger charge is -2.35. The molecule has 0 radical (unpaired) electrons. The molecule has 6 rings (SSSR count). The average Bonchev–Trinajstić information content (AvgIpc) is 3.33. The largest absolute Gasteiger partial charge is 0.497 e. The number of rotatable bonds is 4. The molecule has 0 atom stereocenters. The van der Waals surface area contributed by atoms with Gasteiger partial charge in [-0.15, -0.1) is 5.10 Å². The van der Waals surface area contributed by atoms with Crippen LogP contribution >= 0.6 is 0 Å². The minimum atomic E-state index is -0.144. The molecule has 10 heteroatoms. The molecule has 1 saturated heterocycles. The van der Waals surface area contributed by atoms with Crippen molar-refractivity contribution in [2.75, 3.05) is 43.9 Å². The number of carbonyl (C=O) groups excluding carboxylic acids is 1. The second kappa shape index (κ2) is 8.95. The number of hydrogen-bond donors (Lipinski definition) is 1. The summed E-state index contributed by atoms with van der Waals surface area (Å²) in [5, 5.41) is 4.37. The Kier molecular flexibility index (Phi) is 5.48. The van der Waals surface area contributed by atoms with Crippen molar-refractivity contribution >= 4 is 17.5 Å². The molecule has 2 N–H and O–H groups in total. The standard InChI is InChI=1S/C26H26N8O2/c1-36-19-7-8-20-17(14-19)5-6-18-15-29-26(30-23(18)20)34-16-21(24(27)31-34)25(35)33-12-10-32(11-13-33)22-4-2-3-9-28-22/h2-4,7-9,14-16H,5-6,10-13H2,1H3,(H2,27,31). The van der Waals surface area contributed by atoms with Crippen molar-refractivity contribution in [1.82, 2.24) is 29.6 Å². The van der Waals surface area contributed by atoms with Crippen LogP contribution in [0.2, 0.25) is 0 Å². The number of nitrogens with two attached hydrogens (primary N) is 1. The molecule has 0 spiro atoms. The van der Waals surface area contributed by atoms with Gasteiger partial charge in [0.25, 0.3) is 11.9 Å². The number of carbonyl (C=O) groups is 1. The van der Waals surface area contributed by atoms with Crippen LogP contribution in [-0.4, -0.2) is 68.8 Å². The lowest BCUT2D eigenvalue weighted by Crippen LogP contribution is -2.49. The van der Waals surface area contributed by atoms with Crippen LogP contribution in [0, 0.1) is 0 Å². The molecule has 1 aromatic carbocycles. The van der Waals surface area contributed by atoms with Gasteiger partial charge in [-0.25, -0.2) is 19.6 Å². The van der Waals surface area contributed by atoms with E-state index < -0.39 is 0 Å². The van der Waals surface area contributed by atoms with Crippen molar-refractivity contribution in [2.45, 2.75) is 12.8 Å². The van der Waals surface area contributed by atoms with Crippen molar-refractivity contribution in [2.24, 2.45) is 0 Å². The summed E-state index contributed by atoms with van der Waals surface area (Å²) < 4.78 is 6.87. The molecule has 0 bridgehead atoms. The molecule has 3 aromatic heterocycles. The van der Waals surface area contributed by atoms with Gasteiger partial charge in [0.15, 0.2) is 5.82 Å². The Hall–Kier alpha value is -4.47. The Bertz CT molecular complexity index is 1430. The smallest absolute Gasteiger partial charge is 0.259 e. The fourth-order valence-corrected chi connectivity index (χ4v) is 4.83. The van der Waals surface area contributed by atoms with Crippen LogP contribution in [0.5, 0.6) is 5.75 Å². The first-order chi connectivity index (χ1) is 17.6. The number of nitrogen functional groups attached to an aromatic ring is 1. The van der Waals surface area contributed by atoms with Gasteiger partial charge in [-0.3, -0.25) is 4.79 Å². The number of fused-ring (bicyclic) bond motifs is 3. The average molecular weight is 483 g/mol. The summed E-state index contributed by atoms with van der Waals surface area (Å²) in [5.74, 6) is 2.15. The maximum atomic E-state index is 13.3. The first-order valence-corrected chi connectivity index (χ1v) is 11.9.